The van der Waals surface area contributed by atoms with E-state index in [-0.39, 0.29) is 0 Å². The average molecular weight is 130 g/mol. The van der Waals surface area contributed by atoms with Gasteiger partial charge in [-0.3, -0.25) is 0 Å². The number of quaternary nitrogens is 1. The van der Waals surface area contributed by atoms with Crippen LogP contribution in [0.25, 0.3) is 0 Å². The van der Waals surface area contributed by atoms with Gasteiger partial charge < -0.3 is 10.5 Å². The Morgan fingerprint density at radius 3 is 2.89 bits per heavy atom. The van der Waals surface area contributed by atoms with Crippen LogP contribution in [0.2, 0.25) is 0 Å². The normalized spacial score (nSPS) is 36.7. The summed E-state index contributed by atoms with van der Waals surface area (Å²) in [5.74, 6) is 0.818. The van der Waals surface area contributed by atoms with E-state index >= 15 is 0 Å². The summed E-state index contributed by atoms with van der Waals surface area (Å²) >= 11 is 0. The van der Waals surface area contributed by atoms with Crippen molar-refractivity contribution in [2.45, 2.75) is 25.8 Å². The average Bonchev–Trinajstić information content (AvgIpc) is 1.89. The van der Waals surface area contributed by atoms with Gasteiger partial charge in [-0.15, -0.1) is 0 Å². The maximum absolute atomic E-state index is 5.25. The highest BCUT2D eigenvalue weighted by atomic mass is 16.5. The summed E-state index contributed by atoms with van der Waals surface area (Å²) in [5, 5.41) is 0. The minimum Gasteiger partial charge on any atom is -0.375 e. The summed E-state index contributed by atoms with van der Waals surface area (Å²) in [5.41, 5.74) is 4.02. The van der Waals surface area contributed by atoms with Crippen molar-refractivity contribution < 1.29 is 10.5 Å². The van der Waals surface area contributed by atoms with E-state index < -0.39 is 0 Å². The van der Waals surface area contributed by atoms with E-state index in [2.05, 4.69) is 12.7 Å². The third kappa shape index (κ3) is 1.66. The largest absolute Gasteiger partial charge is 0.375 e. The fourth-order valence-electron chi connectivity index (χ4n) is 1.38. The Labute approximate surface area is 56.4 Å². The molecule has 0 aromatic rings. The summed E-state index contributed by atoms with van der Waals surface area (Å²) in [6, 6.07) is 0.545. The third-order valence-corrected chi connectivity index (χ3v) is 2.16. The number of ether oxygens (including phenoxy) is 1. The number of hydrogen-bond donors (Lipinski definition) is 1. The Bertz CT molecular complexity index is 85.0. The molecule has 0 radical (unpaired) electrons. The standard InChI is InChI=1S/C7H15NO/c1-2-6-3-4-9-5-7(6)8/h6-7H,2-5,8H2,1H3/p+1. The Morgan fingerprint density at radius 2 is 2.44 bits per heavy atom. The summed E-state index contributed by atoms with van der Waals surface area (Å²) in [7, 11) is 0. The SMILES string of the molecule is CCC1CCOCC1[NH3+]. The maximum atomic E-state index is 5.25. The van der Waals surface area contributed by atoms with Crippen LogP contribution in [0.5, 0.6) is 0 Å². The molecule has 2 nitrogen and oxygen atoms in total. The molecule has 0 saturated carbocycles. The van der Waals surface area contributed by atoms with E-state index in [1.165, 1.54) is 12.8 Å². The molecule has 54 valence electrons. The molecule has 1 saturated heterocycles. The van der Waals surface area contributed by atoms with E-state index in [1.54, 1.807) is 0 Å². The molecular weight excluding hydrogens is 114 g/mol. The van der Waals surface area contributed by atoms with Crippen LogP contribution in [0.15, 0.2) is 0 Å². The van der Waals surface area contributed by atoms with E-state index in [4.69, 9.17) is 4.74 Å². The zero-order valence-electron chi connectivity index (χ0n) is 6.10. The molecule has 0 aliphatic carbocycles. The molecule has 0 bridgehead atoms. The lowest BCUT2D eigenvalue weighted by atomic mass is 9.93. The van der Waals surface area contributed by atoms with Gasteiger partial charge in [0, 0.05) is 12.5 Å². The Balaban J connectivity index is 2.30. The van der Waals surface area contributed by atoms with E-state index in [1.807, 2.05) is 0 Å². The first-order chi connectivity index (χ1) is 4.34. The smallest absolute Gasteiger partial charge is 0.111 e. The minimum atomic E-state index is 0.545. The molecule has 2 unspecified atom stereocenters. The highest BCUT2D eigenvalue weighted by Gasteiger charge is 2.22. The zero-order valence-corrected chi connectivity index (χ0v) is 6.10. The van der Waals surface area contributed by atoms with Crippen LogP contribution in [0.1, 0.15) is 19.8 Å². The molecule has 1 aliphatic rings. The van der Waals surface area contributed by atoms with Crippen LogP contribution < -0.4 is 5.73 Å². The van der Waals surface area contributed by atoms with Gasteiger partial charge in [-0.25, -0.2) is 0 Å². The second kappa shape index (κ2) is 3.18. The Morgan fingerprint density at radius 1 is 1.67 bits per heavy atom. The van der Waals surface area contributed by atoms with Crippen molar-refractivity contribution in [2.75, 3.05) is 13.2 Å². The van der Waals surface area contributed by atoms with Crippen LogP contribution in [-0.2, 0) is 4.74 Å². The molecule has 0 spiro atoms. The van der Waals surface area contributed by atoms with Crippen molar-refractivity contribution in [3.05, 3.63) is 0 Å². The van der Waals surface area contributed by atoms with Gasteiger partial charge in [-0.2, -0.15) is 0 Å². The van der Waals surface area contributed by atoms with Crippen molar-refractivity contribution in [3.8, 4) is 0 Å². The topological polar surface area (TPSA) is 36.9 Å². The predicted molar refractivity (Wildman–Crippen MR) is 35.9 cm³/mol. The second-order valence-electron chi connectivity index (χ2n) is 2.79. The van der Waals surface area contributed by atoms with Gasteiger partial charge in [-0.1, -0.05) is 6.92 Å². The van der Waals surface area contributed by atoms with Gasteiger partial charge in [0.1, 0.15) is 6.04 Å². The van der Waals surface area contributed by atoms with Crippen molar-refractivity contribution in [1.82, 2.24) is 0 Å². The quantitative estimate of drug-likeness (QED) is 0.534. The van der Waals surface area contributed by atoms with Crippen LogP contribution >= 0.6 is 0 Å². The number of hydrogen-bond acceptors (Lipinski definition) is 1. The first-order valence-corrected chi connectivity index (χ1v) is 3.75. The molecule has 2 heteroatoms. The van der Waals surface area contributed by atoms with Gasteiger partial charge in [0.05, 0.1) is 6.61 Å². The predicted octanol–water partition coefficient (Wildman–Crippen LogP) is 0.0434. The van der Waals surface area contributed by atoms with E-state index in [9.17, 15) is 0 Å². The molecule has 9 heavy (non-hydrogen) atoms. The lowest BCUT2D eigenvalue weighted by Crippen LogP contribution is -2.67. The molecule has 1 rings (SSSR count). The van der Waals surface area contributed by atoms with Crippen molar-refractivity contribution in [1.29, 1.82) is 0 Å². The minimum absolute atomic E-state index is 0.545. The molecule has 2 atom stereocenters. The van der Waals surface area contributed by atoms with Crippen LogP contribution in [-0.4, -0.2) is 19.3 Å². The van der Waals surface area contributed by atoms with Crippen molar-refractivity contribution in [2.24, 2.45) is 5.92 Å². The molecule has 3 N–H and O–H groups in total. The van der Waals surface area contributed by atoms with Crippen LogP contribution in [0.3, 0.4) is 0 Å². The monoisotopic (exact) mass is 130 g/mol. The van der Waals surface area contributed by atoms with Gasteiger partial charge in [0.25, 0.3) is 0 Å². The molecule has 1 fully saturated rings. The second-order valence-corrected chi connectivity index (χ2v) is 2.79. The van der Waals surface area contributed by atoms with Gasteiger partial charge in [-0.05, 0) is 12.8 Å². The van der Waals surface area contributed by atoms with E-state index in [0.29, 0.717) is 6.04 Å². The molecule has 1 heterocycles. The fraction of sp³-hybridized carbons (Fsp3) is 1.00. The fourth-order valence-corrected chi connectivity index (χ4v) is 1.38. The number of rotatable bonds is 1. The zero-order chi connectivity index (χ0) is 6.69. The van der Waals surface area contributed by atoms with Crippen molar-refractivity contribution >= 4 is 0 Å². The Kier molecular flexibility index (Phi) is 2.49. The lowest BCUT2D eigenvalue weighted by Gasteiger charge is -2.24. The highest BCUT2D eigenvalue weighted by molar-refractivity contribution is 4.69. The first kappa shape index (κ1) is 7.03. The van der Waals surface area contributed by atoms with Crippen molar-refractivity contribution in [3.63, 3.8) is 0 Å². The Hall–Kier alpha value is -0.0800. The summed E-state index contributed by atoms with van der Waals surface area (Å²) in [4.78, 5) is 0. The van der Waals surface area contributed by atoms with Crippen LogP contribution in [0.4, 0.5) is 0 Å². The highest BCUT2D eigenvalue weighted by Crippen LogP contribution is 2.15. The summed E-state index contributed by atoms with van der Waals surface area (Å²) < 4.78 is 5.25. The third-order valence-electron chi connectivity index (χ3n) is 2.16. The molecular formula is C7H16NO+. The molecule has 0 amide bonds. The lowest BCUT2D eigenvalue weighted by molar-refractivity contribution is -0.447. The van der Waals surface area contributed by atoms with E-state index in [0.717, 1.165) is 19.1 Å². The molecule has 0 aromatic carbocycles. The van der Waals surface area contributed by atoms with Crippen LogP contribution in [0, 0.1) is 5.92 Å². The van der Waals surface area contributed by atoms with Gasteiger partial charge in [0.15, 0.2) is 0 Å². The summed E-state index contributed by atoms with van der Waals surface area (Å²) in [6.45, 7) is 4.05. The first-order valence-electron chi connectivity index (χ1n) is 3.75. The van der Waals surface area contributed by atoms with Gasteiger partial charge in [0.2, 0.25) is 0 Å². The maximum Gasteiger partial charge on any atom is 0.111 e. The summed E-state index contributed by atoms with van der Waals surface area (Å²) in [6.07, 6.45) is 2.47. The molecule has 0 aromatic heterocycles. The van der Waals surface area contributed by atoms with Gasteiger partial charge >= 0.3 is 0 Å². The molecule has 1 aliphatic heterocycles.